The average Bonchev–Trinajstić information content (AvgIpc) is 2.23. The van der Waals surface area contributed by atoms with E-state index in [-0.39, 0.29) is 6.09 Å². The minimum Gasteiger partial charge on any atom is -0.444 e. The molecule has 1 amide bonds. The summed E-state index contributed by atoms with van der Waals surface area (Å²) in [5, 5.41) is 3.30. The molecule has 1 rings (SSSR count). The molecular formula is C15H25NO2S. The summed E-state index contributed by atoms with van der Waals surface area (Å²) >= 11 is 0. The van der Waals surface area contributed by atoms with Crippen molar-refractivity contribution in [3.05, 3.63) is 11.6 Å². The molecule has 0 saturated heterocycles. The summed E-state index contributed by atoms with van der Waals surface area (Å²) < 4.78 is 5.35. The van der Waals surface area contributed by atoms with E-state index in [0.29, 0.717) is 13.1 Å². The van der Waals surface area contributed by atoms with Gasteiger partial charge in [-0.1, -0.05) is 12.0 Å². The van der Waals surface area contributed by atoms with E-state index in [4.69, 9.17) is 4.74 Å². The molecule has 19 heavy (non-hydrogen) atoms. The van der Waals surface area contributed by atoms with Crippen LogP contribution in [0.4, 0.5) is 4.79 Å². The third-order valence-electron chi connectivity index (χ3n) is 2.38. The number of carbonyl (C=O) groups is 1. The van der Waals surface area contributed by atoms with Crippen molar-refractivity contribution < 1.29 is 9.53 Å². The van der Waals surface area contributed by atoms with E-state index in [0.717, 1.165) is 12.0 Å². The lowest BCUT2D eigenvalue weighted by atomic mass is 10.1. The molecule has 0 aromatic carbocycles. The molecule has 0 fully saturated rings. The van der Waals surface area contributed by atoms with E-state index < -0.39 is 15.6 Å². The Kier molecular flexibility index (Phi) is 4.98. The van der Waals surface area contributed by atoms with Crippen molar-refractivity contribution in [3.63, 3.8) is 0 Å². The Morgan fingerprint density at radius 3 is 2.42 bits per heavy atom. The third-order valence-corrected chi connectivity index (χ3v) is 3.09. The smallest absolute Gasteiger partial charge is 0.410 e. The van der Waals surface area contributed by atoms with Crippen molar-refractivity contribution >= 4 is 16.1 Å². The van der Waals surface area contributed by atoms with Crippen molar-refractivity contribution in [2.24, 2.45) is 0 Å². The molecular weight excluding hydrogens is 258 g/mol. The maximum Gasteiger partial charge on any atom is 0.410 e. The first kappa shape index (κ1) is 16.0. The van der Waals surface area contributed by atoms with Crippen LogP contribution in [0, 0.1) is 11.2 Å². The van der Waals surface area contributed by atoms with Gasteiger partial charge in [0.15, 0.2) is 0 Å². The van der Waals surface area contributed by atoms with E-state index in [1.165, 1.54) is 0 Å². The molecule has 1 heterocycles. The topological polar surface area (TPSA) is 29.5 Å². The van der Waals surface area contributed by atoms with Gasteiger partial charge in [-0.2, -0.15) is 10.0 Å². The van der Waals surface area contributed by atoms with Crippen LogP contribution >= 0.6 is 10.0 Å². The van der Waals surface area contributed by atoms with Gasteiger partial charge in [0.2, 0.25) is 0 Å². The van der Waals surface area contributed by atoms with Gasteiger partial charge in [0, 0.05) is 18.7 Å². The van der Waals surface area contributed by atoms with Crippen molar-refractivity contribution in [2.45, 2.75) is 32.8 Å². The molecule has 0 aromatic heterocycles. The van der Waals surface area contributed by atoms with Gasteiger partial charge in [0.1, 0.15) is 5.60 Å². The number of rotatable bonds is 0. The third kappa shape index (κ3) is 6.58. The van der Waals surface area contributed by atoms with Crippen LogP contribution in [0.25, 0.3) is 0 Å². The van der Waals surface area contributed by atoms with Crippen LogP contribution < -0.4 is 0 Å². The lowest BCUT2D eigenvalue weighted by Crippen LogP contribution is -2.39. The summed E-state index contributed by atoms with van der Waals surface area (Å²) in [4.78, 5) is 13.6. The zero-order valence-electron chi connectivity index (χ0n) is 12.9. The van der Waals surface area contributed by atoms with Crippen LogP contribution in [0.3, 0.4) is 0 Å². The van der Waals surface area contributed by atoms with E-state index in [1.54, 1.807) is 4.90 Å². The number of carbonyl (C=O) groups excluding carboxylic acids is 1. The first-order valence-corrected chi connectivity index (χ1v) is 9.31. The normalized spacial score (nSPS) is 17.2. The van der Waals surface area contributed by atoms with Gasteiger partial charge in [0.05, 0.1) is 0 Å². The Morgan fingerprint density at radius 1 is 1.37 bits per heavy atom. The molecule has 0 aliphatic carbocycles. The molecule has 0 radical (unpaired) electrons. The highest BCUT2D eigenvalue weighted by molar-refractivity contribution is 8.35. The van der Waals surface area contributed by atoms with Gasteiger partial charge in [-0.3, -0.25) is 0 Å². The van der Waals surface area contributed by atoms with Crippen LogP contribution in [0.5, 0.6) is 0 Å². The monoisotopic (exact) mass is 283 g/mol. The highest BCUT2D eigenvalue weighted by Gasteiger charge is 2.23. The van der Waals surface area contributed by atoms with Crippen LogP contribution in [0.15, 0.2) is 11.6 Å². The largest absolute Gasteiger partial charge is 0.444 e. The Balaban J connectivity index is 2.58. The van der Waals surface area contributed by atoms with Gasteiger partial charge in [-0.25, -0.2) is 4.79 Å². The minimum atomic E-state index is -0.785. The van der Waals surface area contributed by atoms with Crippen molar-refractivity contribution in [3.8, 4) is 11.2 Å². The van der Waals surface area contributed by atoms with E-state index in [2.05, 4.69) is 29.9 Å². The van der Waals surface area contributed by atoms with Crippen LogP contribution in [-0.2, 0) is 4.74 Å². The summed E-state index contributed by atoms with van der Waals surface area (Å²) in [6, 6.07) is 0. The maximum atomic E-state index is 11.9. The van der Waals surface area contributed by atoms with Gasteiger partial charge in [0.25, 0.3) is 0 Å². The fraction of sp³-hybridized carbons (Fsp3) is 0.667. The van der Waals surface area contributed by atoms with Gasteiger partial charge < -0.3 is 9.64 Å². The molecule has 1 aliphatic rings. The summed E-state index contributed by atoms with van der Waals surface area (Å²) in [5.74, 6) is 3.24. The van der Waals surface area contributed by atoms with Crippen molar-refractivity contribution in [1.82, 2.24) is 4.90 Å². The van der Waals surface area contributed by atoms with Gasteiger partial charge in [-0.05, 0) is 51.2 Å². The summed E-state index contributed by atoms with van der Waals surface area (Å²) in [6.45, 7) is 6.93. The molecule has 4 heteroatoms. The van der Waals surface area contributed by atoms with E-state index in [1.807, 2.05) is 26.8 Å². The molecule has 3 nitrogen and oxygen atoms in total. The Hall–Kier alpha value is -1.08. The Labute approximate surface area is 118 Å². The van der Waals surface area contributed by atoms with Crippen molar-refractivity contribution in [1.29, 1.82) is 0 Å². The first-order valence-electron chi connectivity index (χ1n) is 6.45. The Bertz CT molecular complexity index is 430. The quantitative estimate of drug-likeness (QED) is 0.639. The SMILES string of the molecule is CC(C)(C)OC(=O)N1CC=C(C#CS(C)(C)C)CC1. The molecule has 0 aromatic rings. The molecule has 0 atom stereocenters. The molecule has 0 N–H and O–H groups in total. The lowest BCUT2D eigenvalue weighted by molar-refractivity contribution is 0.0267. The molecule has 0 unspecified atom stereocenters. The van der Waals surface area contributed by atoms with Crippen molar-refractivity contribution in [2.75, 3.05) is 31.9 Å². The van der Waals surface area contributed by atoms with E-state index in [9.17, 15) is 4.79 Å². The van der Waals surface area contributed by atoms with Crippen LogP contribution in [0.1, 0.15) is 27.2 Å². The second kappa shape index (κ2) is 5.92. The number of amides is 1. The fourth-order valence-electron chi connectivity index (χ4n) is 1.49. The molecule has 1 aliphatic heterocycles. The zero-order chi connectivity index (χ0) is 14.7. The number of nitrogens with zero attached hydrogens (tertiary/aromatic N) is 1. The predicted molar refractivity (Wildman–Crippen MR) is 83.6 cm³/mol. The number of hydrogen-bond acceptors (Lipinski definition) is 2. The predicted octanol–water partition coefficient (Wildman–Crippen LogP) is 3.21. The Morgan fingerprint density at radius 2 is 2.00 bits per heavy atom. The van der Waals surface area contributed by atoms with Crippen LogP contribution in [0.2, 0.25) is 0 Å². The maximum absolute atomic E-state index is 11.9. The van der Waals surface area contributed by atoms with Gasteiger partial charge >= 0.3 is 6.09 Å². The molecule has 0 spiro atoms. The van der Waals surface area contributed by atoms with Crippen LogP contribution in [-0.4, -0.2) is 48.5 Å². The first-order chi connectivity index (χ1) is 8.57. The van der Waals surface area contributed by atoms with Gasteiger partial charge in [-0.15, -0.1) is 0 Å². The molecule has 0 bridgehead atoms. The summed E-state index contributed by atoms with van der Waals surface area (Å²) in [6.07, 6.45) is 9.15. The second-order valence-electron chi connectivity index (χ2n) is 6.47. The minimum absolute atomic E-state index is 0.239. The van der Waals surface area contributed by atoms with E-state index >= 15 is 0 Å². The zero-order valence-corrected chi connectivity index (χ0v) is 13.7. The standard InChI is InChI=1S/C15H25NO2S/c1-15(2,3)18-14(17)16-10-7-13(8-11-16)9-12-19(4,5)6/h7H,8,10-11H2,1-6H3. The highest BCUT2D eigenvalue weighted by Crippen LogP contribution is 2.32. The summed E-state index contributed by atoms with van der Waals surface area (Å²) in [5.41, 5.74) is 0.707. The lowest BCUT2D eigenvalue weighted by Gasteiger charge is -2.28. The highest BCUT2D eigenvalue weighted by atomic mass is 32.3. The number of ether oxygens (including phenoxy) is 1. The second-order valence-corrected chi connectivity index (χ2v) is 10.3. The fourth-order valence-corrected chi connectivity index (χ4v) is 1.93. The number of hydrogen-bond donors (Lipinski definition) is 0. The molecule has 0 saturated carbocycles. The molecule has 108 valence electrons. The summed E-state index contributed by atoms with van der Waals surface area (Å²) in [7, 11) is -0.785. The average molecular weight is 283 g/mol.